The molecule has 0 saturated heterocycles. The summed E-state index contributed by atoms with van der Waals surface area (Å²) in [5.74, 6) is 1.21. The Morgan fingerprint density at radius 3 is 2.93 bits per heavy atom. The molecule has 4 rings (SSSR count). The fraction of sp³-hybridized carbons (Fsp3) is 0.300. The number of aryl methyl sites for hydroxylation is 1. The second-order valence-electron chi connectivity index (χ2n) is 6.37. The second kappa shape index (κ2) is 7.48. The topological polar surface area (TPSA) is 65.4 Å². The molecule has 3 aromatic rings. The van der Waals surface area contributed by atoms with Gasteiger partial charge in [0.15, 0.2) is 11.5 Å². The fourth-order valence-corrected chi connectivity index (χ4v) is 3.42. The van der Waals surface area contributed by atoms with Crippen molar-refractivity contribution in [3.63, 3.8) is 0 Å². The third-order valence-electron chi connectivity index (χ3n) is 4.39. The molecule has 0 spiro atoms. The predicted octanol–water partition coefficient (Wildman–Crippen LogP) is 4.51. The zero-order chi connectivity index (χ0) is 18.8. The van der Waals surface area contributed by atoms with Crippen molar-refractivity contribution in [3.05, 3.63) is 47.0 Å². The molecule has 0 radical (unpaired) electrons. The molecule has 0 aliphatic carbocycles. The minimum Gasteiger partial charge on any atom is -0.489 e. The largest absolute Gasteiger partial charge is 0.489 e. The molecular formula is C20H20ClN3O3. The number of halogens is 1. The molecule has 0 bridgehead atoms. The van der Waals surface area contributed by atoms with Crippen molar-refractivity contribution in [1.82, 2.24) is 9.55 Å². The highest BCUT2D eigenvalue weighted by atomic mass is 35.5. The number of para-hydroxylation sites is 2. The van der Waals surface area contributed by atoms with E-state index in [2.05, 4.69) is 17.2 Å². The highest BCUT2D eigenvalue weighted by Crippen LogP contribution is 2.38. The molecule has 2 aromatic carbocycles. The molecule has 2 heterocycles. The van der Waals surface area contributed by atoms with E-state index in [1.54, 1.807) is 12.1 Å². The van der Waals surface area contributed by atoms with Crippen LogP contribution in [0.5, 0.6) is 11.5 Å². The van der Waals surface area contributed by atoms with E-state index in [9.17, 15) is 4.79 Å². The van der Waals surface area contributed by atoms with Crippen molar-refractivity contribution in [3.8, 4) is 11.5 Å². The summed E-state index contributed by atoms with van der Waals surface area (Å²) < 4.78 is 13.3. The number of ether oxygens (including phenoxy) is 2. The van der Waals surface area contributed by atoms with Gasteiger partial charge in [0.05, 0.1) is 29.3 Å². The maximum Gasteiger partial charge on any atom is 0.258 e. The van der Waals surface area contributed by atoms with Gasteiger partial charge in [-0.1, -0.05) is 30.7 Å². The Morgan fingerprint density at radius 1 is 1.26 bits per heavy atom. The van der Waals surface area contributed by atoms with Crippen molar-refractivity contribution in [1.29, 1.82) is 0 Å². The van der Waals surface area contributed by atoms with Crippen molar-refractivity contribution < 1.29 is 14.3 Å². The van der Waals surface area contributed by atoms with Crippen LogP contribution >= 0.6 is 11.6 Å². The molecule has 1 aromatic heterocycles. The lowest BCUT2D eigenvalue weighted by Gasteiger charge is -2.12. The van der Waals surface area contributed by atoms with Crippen LogP contribution in [0.15, 0.2) is 36.4 Å². The Kier molecular flexibility index (Phi) is 4.90. The molecule has 1 aliphatic heterocycles. The summed E-state index contributed by atoms with van der Waals surface area (Å²) in [5, 5.41) is 3.27. The lowest BCUT2D eigenvalue weighted by molar-refractivity contribution is 0.102. The molecule has 1 N–H and O–H groups in total. The van der Waals surface area contributed by atoms with Gasteiger partial charge in [-0.2, -0.15) is 0 Å². The van der Waals surface area contributed by atoms with E-state index in [0.29, 0.717) is 41.2 Å². The Balaban J connectivity index is 1.67. The Bertz CT molecular complexity index is 1000. The monoisotopic (exact) mass is 385 g/mol. The first-order chi connectivity index (χ1) is 13.2. The van der Waals surface area contributed by atoms with Gasteiger partial charge in [0.2, 0.25) is 5.95 Å². The van der Waals surface area contributed by atoms with Crippen LogP contribution in [0.4, 0.5) is 5.95 Å². The molecule has 140 valence electrons. The highest BCUT2D eigenvalue weighted by molar-refractivity contribution is 6.32. The van der Waals surface area contributed by atoms with Gasteiger partial charge in [0, 0.05) is 18.5 Å². The molecule has 0 unspecified atom stereocenters. The zero-order valence-electron chi connectivity index (χ0n) is 15.0. The van der Waals surface area contributed by atoms with Gasteiger partial charge < -0.3 is 14.0 Å². The molecule has 6 nitrogen and oxygen atoms in total. The summed E-state index contributed by atoms with van der Waals surface area (Å²) in [5.41, 5.74) is 2.24. The Morgan fingerprint density at radius 2 is 2.07 bits per heavy atom. The van der Waals surface area contributed by atoms with E-state index < -0.39 is 0 Å². The van der Waals surface area contributed by atoms with E-state index in [0.717, 1.165) is 30.4 Å². The van der Waals surface area contributed by atoms with Gasteiger partial charge in [-0.15, -0.1) is 0 Å². The quantitative estimate of drug-likeness (QED) is 0.717. The number of hydrogen-bond acceptors (Lipinski definition) is 4. The third-order valence-corrected chi connectivity index (χ3v) is 4.67. The molecular weight excluding hydrogens is 366 g/mol. The van der Waals surface area contributed by atoms with E-state index in [4.69, 9.17) is 21.1 Å². The number of imidazole rings is 1. The SMILES string of the molecule is CCCn1c(NC(=O)c2cc(Cl)c3c(c2)OCCCO3)nc2ccccc21. The summed E-state index contributed by atoms with van der Waals surface area (Å²) in [7, 11) is 0. The number of anilines is 1. The number of aromatic nitrogens is 2. The number of benzene rings is 2. The molecule has 0 saturated carbocycles. The average Bonchev–Trinajstić information content (AvgIpc) is 2.84. The Hall–Kier alpha value is -2.73. The van der Waals surface area contributed by atoms with Crippen LogP contribution in [0, 0.1) is 0 Å². The van der Waals surface area contributed by atoms with Crippen LogP contribution in [0.3, 0.4) is 0 Å². The summed E-state index contributed by atoms with van der Waals surface area (Å²) in [6.07, 6.45) is 1.70. The van der Waals surface area contributed by atoms with Crippen LogP contribution in [0.25, 0.3) is 11.0 Å². The maximum absolute atomic E-state index is 12.9. The zero-order valence-corrected chi connectivity index (χ0v) is 15.8. The molecule has 1 aliphatic rings. The standard InChI is InChI=1S/C20H20ClN3O3/c1-2-8-24-16-7-4-3-6-15(16)22-20(24)23-19(25)13-11-14(21)18-17(12-13)26-9-5-10-27-18/h3-4,6-7,11-12H,2,5,8-10H2,1H3,(H,22,23,25). The predicted molar refractivity (Wildman–Crippen MR) is 105 cm³/mol. The van der Waals surface area contributed by atoms with Crippen molar-refractivity contribution in [2.75, 3.05) is 18.5 Å². The van der Waals surface area contributed by atoms with Crippen molar-refractivity contribution >= 4 is 34.5 Å². The van der Waals surface area contributed by atoms with Crippen molar-refractivity contribution in [2.24, 2.45) is 0 Å². The van der Waals surface area contributed by atoms with Crippen LogP contribution in [0.1, 0.15) is 30.1 Å². The molecule has 0 fully saturated rings. The number of carbonyl (C=O) groups is 1. The summed E-state index contributed by atoms with van der Waals surface area (Å²) in [4.78, 5) is 17.4. The van der Waals surface area contributed by atoms with Gasteiger partial charge in [-0.05, 0) is 30.7 Å². The van der Waals surface area contributed by atoms with Crippen LogP contribution in [0.2, 0.25) is 5.02 Å². The minimum absolute atomic E-state index is 0.291. The van der Waals surface area contributed by atoms with Crippen LogP contribution in [-0.2, 0) is 6.54 Å². The second-order valence-corrected chi connectivity index (χ2v) is 6.77. The van der Waals surface area contributed by atoms with Gasteiger partial charge in [0.1, 0.15) is 0 Å². The molecule has 27 heavy (non-hydrogen) atoms. The average molecular weight is 386 g/mol. The smallest absolute Gasteiger partial charge is 0.258 e. The first kappa shape index (κ1) is 17.7. The third kappa shape index (κ3) is 3.45. The van der Waals surface area contributed by atoms with E-state index in [1.807, 2.05) is 28.8 Å². The summed E-state index contributed by atoms with van der Waals surface area (Å²) >= 11 is 6.31. The molecule has 0 atom stereocenters. The molecule has 1 amide bonds. The van der Waals surface area contributed by atoms with Gasteiger partial charge >= 0.3 is 0 Å². The Labute approximate surface area is 162 Å². The normalized spacial score (nSPS) is 13.4. The number of hydrogen-bond donors (Lipinski definition) is 1. The number of nitrogens with one attached hydrogen (secondary N) is 1. The van der Waals surface area contributed by atoms with Gasteiger partial charge in [-0.3, -0.25) is 10.1 Å². The van der Waals surface area contributed by atoms with Crippen molar-refractivity contribution in [2.45, 2.75) is 26.3 Å². The highest BCUT2D eigenvalue weighted by Gasteiger charge is 2.20. The number of amides is 1. The number of carbonyl (C=O) groups excluding carboxylic acids is 1. The number of nitrogens with zero attached hydrogens (tertiary/aromatic N) is 2. The lowest BCUT2D eigenvalue weighted by atomic mass is 10.2. The van der Waals surface area contributed by atoms with E-state index in [1.165, 1.54) is 0 Å². The first-order valence-corrected chi connectivity index (χ1v) is 9.41. The van der Waals surface area contributed by atoms with Gasteiger partial charge in [-0.25, -0.2) is 4.98 Å². The van der Waals surface area contributed by atoms with Crippen LogP contribution in [-0.4, -0.2) is 28.7 Å². The maximum atomic E-state index is 12.9. The summed E-state index contributed by atoms with van der Waals surface area (Å²) in [6.45, 7) is 3.92. The first-order valence-electron chi connectivity index (χ1n) is 9.03. The van der Waals surface area contributed by atoms with Gasteiger partial charge in [0.25, 0.3) is 5.91 Å². The fourth-order valence-electron chi connectivity index (χ4n) is 3.16. The number of fused-ring (bicyclic) bond motifs is 2. The molecule has 7 heteroatoms. The lowest BCUT2D eigenvalue weighted by Crippen LogP contribution is -2.16. The van der Waals surface area contributed by atoms with Crippen LogP contribution < -0.4 is 14.8 Å². The minimum atomic E-state index is -0.291. The summed E-state index contributed by atoms with van der Waals surface area (Å²) in [6, 6.07) is 11.1. The van der Waals surface area contributed by atoms with E-state index in [-0.39, 0.29) is 5.91 Å². The van der Waals surface area contributed by atoms with E-state index >= 15 is 0 Å². The number of rotatable bonds is 4.